The summed E-state index contributed by atoms with van der Waals surface area (Å²) in [6.07, 6.45) is -3.99. The van der Waals surface area contributed by atoms with Crippen LogP contribution < -0.4 is 15.8 Å². The van der Waals surface area contributed by atoms with Crippen molar-refractivity contribution in [2.75, 3.05) is 20.2 Å². The van der Waals surface area contributed by atoms with Crippen molar-refractivity contribution in [1.82, 2.24) is 20.2 Å². The molecule has 1 aliphatic rings. The second-order valence-electron chi connectivity index (χ2n) is 9.81. The van der Waals surface area contributed by atoms with E-state index < -0.39 is 23.9 Å². The molecule has 0 radical (unpaired) electrons. The number of hydrogen-bond acceptors (Lipinski definition) is 8. The molecule has 3 heterocycles. The van der Waals surface area contributed by atoms with Gasteiger partial charge in [-0.2, -0.15) is 13.2 Å². The highest BCUT2D eigenvalue weighted by molar-refractivity contribution is 5.98. The molecular formula is C29H28F3N5O5. The van der Waals surface area contributed by atoms with E-state index in [-0.39, 0.29) is 53.0 Å². The van der Waals surface area contributed by atoms with E-state index in [2.05, 4.69) is 15.3 Å². The molecule has 4 aromatic rings. The molecule has 0 saturated carbocycles. The van der Waals surface area contributed by atoms with Gasteiger partial charge < -0.3 is 30.2 Å². The summed E-state index contributed by atoms with van der Waals surface area (Å²) in [7, 11) is 1.32. The lowest BCUT2D eigenvalue weighted by Crippen LogP contribution is -2.40. The smallest absolute Gasteiger partial charge is 0.433 e. The highest BCUT2D eigenvalue weighted by Gasteiger charge is 2.33. The molecular weight excluding hydrogens is 555 g/mol. The van der Waals surface area contributed by atoms with E-state index in [0.29, 0.717) is 42.6 Å². The summed E-state index contributed by atoms with van der Waals surface area (Å²) in [4.78, 5) is 35.8. The molecule has 5 rings (SSSR count). The third-order valence-corrected chi connectivity index (χ3v) is 7.04. The number of pyridine rings is 1. The Morgan fingerprint density at radius 3 is 2.60 bits per heavy atom. The second kappa shape index (κ2) is 11.8. The average Bonchev–Trinajstić information content (AvgIpc) is 3.43. The fourth-order valence-electron chi connectivity index (χ4n) is 4.82. The van der Waals surface area contributed by atoms with Crippen molar-refractivity contribution in [1.29, 1.82) is 0 Å². The van der Waals surface area contributed by atoms with E-state index in [1.165, 1.54) is 19.2 Å². The van der Waals surface area contributed by atoms with E-state index in [4.69, 9.17) is 14.9 Å². The first-order chi connectivity index (χ1) is 20.1. The number of methoxy groups -OCH3 is 1. The predicted molar refractivity (Wildman–Crippen MR) is 145 cm³/mol. The normalized spacial score (nSPS) is 14.3. The molecule has 0 atom stereocenters. The maximum atomic E-state index is 13.3. The number of oxazole rings is 1. The van der Waals surface area contributed by atoms with Gasteiger partial charge in [-0.05, 0) is 54.8 Å². The van der Waals surface area contributed by atoms with Gasteiger partial charge in [0.05, 0.1) is 19.8 Å². The van der Waals surface area contributed by atoms with Crippen molar-refractivity contribution in [3.05, 3.63) is 76.8 Å². The second-order valence-corrected chi connectivity index (χ2v) is 9.81. The number of alkyl halides is 3. The summed E-state index contributed by atoms with van der Waals surface area (Å²) < 4.78 is 50.9. The molecule has 2 aromatic heterocycles. The van der Waals surface area contributed by atoms with Gasteiger partial charge in [0.15, 0.2) is 11.5 Å². The minimum atomic E-state index is -4.65. The largest absolute Gasteiger partial charge is 0.494 e. The number of carbonyl (C=O) groups excluding carboxylic acids is 2. The number of piperidine rings is 1. The molecule has 13 heteroatoms. The Morgan fingerprint density at radius 1 is 1.14 bits per heavy atom. The summed E-state index contributed by atoms with van der Waals surface area (Å²) >= 11 is 0. The number of aliphatic hydroxyl groups is 1. The van der Waals surface area contributed by atoms with Gasteiger partial charge in [-0.1, -0.05) is 12.1 Å². The highest BCUT2D eigenvalue weighted by atomic mass is 19.4. The summed E-state index contributed by atoms with van der Waals surface area (Å²) in [5, 5.41) is 12.7. The lowest BCUT2D eigenvalue weighted by atomic mass is 10.1. The lowest BCUT2D eigenvalue weighted by Gasteiger charge is -2.29. The number of likely N-dealkylation sites (tertiary alicyclic amines) is 1. The van der Waals surface area contributed by atoms with Gasteiger partial charge in [-0.3, -0.25) is 9.59 Å². The molecule has 1 aliphatic heterocycles. The van der Waals surface area contributed by atoms with Gasteiger partial charge in [0.2, 0.25) is 5.89 Å². The zero-order chi connectivity index (χ0) is 30.0. The predicted octanol–water partition coefficient (Wildman–Crippen LogP) is 3.90. The van der Waals surface area contributed by atoms with Crippen LogP contribution in [0.5, 0.6) is 5.75 Å². The number of ether oxygens (including phenoxy) is 1. The standard InChI is InChI=1S/C29H28F3N5O5/c1-41-21-7-5-20(19-6-8-23(29(30,31)32)35-24(19)21)27-36-25(22(14-33)42-27)26(39)34-15-16-3-2-4-17(13-16)28(40)37-11-9-18(38)10-12-37/h2-8,13,18,38H,9-12,14-15,33H2,1H3,(H,34,39). The van der Waals surface area contributed by atoms with Gasteiger partial charge in [0.25, 0.3) is 11.8 Å². The molecule has 4 N–H and O–H groups in total. The zero-order valence-corrected chi connectivity index (χ0v) is 22.6. The van der Waals surface area contributed by atoms with E-state index >= 15 is 0 Å². The minimum Gasteiger partial charge on any atom is -0.494 e. The van der Waals surface area contributed by atoms with Gasteiger partial charge in [-0.15, -0.1) is 0 Å². The van der Waals surface area contributed by atoms with E-state index in [1.54, 1.807) is 35.2 Å². The molecule has 220 valence electrons. The number of nitrogens with two attached hydrogens (primary N) is 1. The van der Waals surface area contributed by atoms with Crippen LogP contribution in [0.25, 0.3) is 22.4 Å². The highest BCUT2D eigenvalue weighted by Crippen LogP contribution is 2.37. The topological polar surface area (TPSA) is 144 Å². The number of aliphatic hydroxyl groups excluding tert-OH is 1. The third-order valence-electron chi connectivity index (χ3n) is 7.04. The Bertz CT molecular complexity index is 1630. The number of aromatic nitrogens is 2. The Kier molecular flexibility index (Phi) is 8.14. The summed E-state index contributed by atoms with van der Waals surface area (Å²) in [6, 6.07) is 12.0. The molecule has 0 aliphatic carbocycles. The molecule has 1 saturated heterocycles. The number of rotatable bonds is 7. The average molecular weight is 584 g/mol. The van der Waals surface area contributed by atoms with Crippen LogP contribution in [-0.2, 0) is 19.3 Å². The maximum Gasteiger partial charge on any atom is 0.433 e. The van der Waals surface area contributed by atoms with Crippen LogP contribution in [0, 0.1) is 0 Å². The molecule has 10 nitrogen and oxygen atoms in total. The van der Waals surface area contributed by atoms with Crippen LogP contribution in [0.3, 0.4) is 0 Å². The molecule has 0 spiro atoms. The molecule has 42 heavy (non-hydrogen) atoms. The van der Waals surface area contributed by atoms with Crippen molar-refractivity contribution < 1.29 is 37.0 Å². The van der Waals surface area contributed by atoms with Crippen LogP contribution in [0.4, 0.5) is 13.2 Å². The van der Waals surface area contributed by atoms with Crippen LogP contribution in [0.1, 0.15) is 50.7 Å². The van der Waals surface area contributed by atoms with E-state index in [9.17, 15) is 27.9 Å². The van der Waals surface area contributed by atoms with Crippen LogP contribution in [0.2, 0.25) is 0 Å². The van der Waals surface area contributed by atoms with Crippen LogP contribution in [-0.4, -0.2) is 58.1 Å². The van der Waals surface area contributed by atoms with Crippen molar-refractivity contribution in [3.8, 4) is 17.2 Å². The fourth-order valence-corrected chi connectivity index (χ4v) is 4.82. The number of halogens is 3. The number of amides is 2. The molecule has 0 bridgehead atoms. The summed E-state index contributed by atoms with van der Waals surface area (Å²) in [5.41, 5.74) is 6.07. The number of hydrogen-bond donors (Lipinski definition) is 3. The first-order valence-corrected chi connectivity index (χ1v) is 13.2. The first-order valence-electron chi connectivity index (χ1n) is 13.2. The molecule has 1 fully saturated rings. The summed E-state index contributed by atoms with van der Waals surface area (Å²) in [6.45, 7) is 0.871. The first kappa shape index (κ1) is 29.0. The van der Waals surface area contributed by atoms with E-state index in [1.807, 2.05) is 0 Å². The monoisotopic (exact) mass is 583 g/mol. The molecule has 0 unspecified atom stereocenters. The Balaban J connectivity index is 1.36. The molecule has 2 amide bonds. The Labute approximate surface area is 238 Å². The quantitative estimate of drug-likeness (QED) is 0.297. The maximum absolute atomic E-state index is 13.3. The third kappa shape index (κ3) is 5.92. The van der Waals surface area contributed by atoms with Crippen LogP contribution in [0.15, 0.2) is 52.9 Å². The Morgan fingerprint density at radius 2 is 1.90 bits per heavy atom. The Hall–Kier alpha value is -4.49. The lowest BCUT2D eigenvalue weighted by molar-refractivity contribution is -0.140. The van der Waals surface area contributed by atoms with Crippen LogP contribution >= 0.6 is 0 Å². The minimum absolute atomic E-state index is 0.0194. The molecule has 2 aromatic carbocycles. The van der Waals surface area contributed by atoms with Crippen molar-refractivity contribution in [2.24, 2.45) is 5.73 Å². The summed E-state index contributed by atoms with van der Waals surface area (Å²) in [5.74, 6) is -0.536. The fraction of sp³-hybridized carbons (Fsp3) is 0.310. The van der Waals surface area contributed by atoms with Gasteiger partial charge in [0, 0.05) is 36.1 Å². The van der Waals surface area contributed by atoms with E-state index in [0.717, 1.165) is 6.07 Å². The number of nitrogens with zero attached hydrogens (tertiary/aromatic N) is 3. The van der Waals surface area contributed by atoms with Gasteiger partial charge in [0.1, 0.15) is 17.0 Å². The van der Waals surface area contributed by atoms with Gasteiger partial charge in [-0.25, -0.2) is 9.97 Å². The SMILES string of the molecule is COc1ccc(-c2nc(C(=O)NCc3cccc(C(=O)N4CCC(O)CC4)c3)c(CN)o2)c2ccc(C(F)(F)F)nc12. The number of fused-ring (bicyclic) bond motifs is 1. The number of carbonyl (C=O) groups is 2. The van der Waals surface area contributed by atoms with Crippen molar-refractivity contribution in [3.63, 3.8) is 0 Å². The van der Waals surface area contributed by atoms with Gasteiger partial charge >= 0.3 is 6.18 Å². The van der Waals surface area contributed by atoms with Crippen molar-refractivity contribution in [2.45, 2.75) is 38.2 Å². The van der Waals surface area contributed by atoms with Crippen molar-refractivity contribution >= 4 is 22.7 Å². The number of benzene rings is 2. The zero-order valence-electron chi connectivity index (χ0n) is 22.6. The number of nitrogens with one attached hydrogen (secondary N) is 1.